The van der Waals surface area contributed by atoms with Crippen molar-refractivity contribution in [2.75, 3.05) is 0 Å². The Bertz CT molecular complexity index is 278. The summed E-state index contributed by atoms with van der Waals surface area (Å²) < 4.78 is 6.08. The van der Waals surface area contributed by atoms with E-state index in [1.54, 1.807) is 0 Å². The van der Waals surface area contributed by atoms with Gasteiger partial charge in [-0.05, 0) is 12.8 Å². The smallest absolute Gasteiger partial charge is 0.278 e. The lowest BCUT2D eigenvalue weighted by atomic mass is 9.89. The van der Waals surface area contributed by atoms with Crippen molar-refractivity contribution in [3.63, 3.8) is 0 Å². The van der Waals surface area contributed by atoms with Gasteiger partial charge < -0.3 is 4.42 Å². The maximum atomic E-state index is 5.43. The maximum absolute atomic E-state index is 5.43. The third-order valence-electron chi connectivity index (χ3n) is 2.62. The molecule has 0 unspecified atom stereocenters. The van der Waals surface area contributed by atoms with Gasteiger partial charge in [-0.3, -0.25) is 0 Å². The Labute approximate surface area is 85.1 Å². The van der Waals surface area contributed by atoms with Crippen LogP contribution in [0.25, 0.3) is 0 Å². The molecule has 1 aliphatic carbocycles. The largest absolute Gasteiger partial charge is 0.416 e. The average Bonchev–Trinajstić information content (AvgIpc) is 2.59. The second kappa shape index (κ2) is 2.97. The molecule has 0 aliphatic heterocycles. The normalized spacial score (nSPS) is 21.5. The maximum Gasteiger partial charge on any atom is 0.278 e. The van der Waals surface area contributed by atoms with Gasteiger partial charge in [-0.1, -0.05) is 19.8 Å². The van der Waals surface area contributed by atoms with Crippen molar-refractivity contribution < 1.29 is 4.42 Å². The van der Waals surface area contributed by atoms with Gasteiger partial charge in [0.2, 0.25) is 5.89 Å². The third-order valence-corrected chi connectivity index (χ3v) is 3.06. The lowest BCUT2D eigenvalue weighted by Crippen LogP contribution is -2.17. The molecule has 3 nitrogen and oxygen atoms in total. The van der Waals surface area contributed by atoms with Crippen molar-refractivity contribution >= 4 is 22.6 Å². The summed E-state index contributed by atoms with van der Waals surface area (Å²) in [6.07, 6.45) is 4.95. The van der Waals surface area contributed by atoms with Crippen LogP contribution in [0.1, 0.15) is 38.5 Å². The molecule has 0 amide bonds. The molecule has 1 aromatic heterocycles. The van der Waals surface area contributed by atoms with Crippen LogP contribution in [0, 0.1) is 3.90 Å². The minimum absolute atomic E-state index is 0.163. The molecule has 0 N–H and O–H groups in total. The van der Waals surface area contributed by atoms with Crippen LogP contribution in [0.4, 0.5) is 0 Å². The Balaban J connectivity index is 2.28. The molecule has 0 saturated heterocycles. The number of aromatic nitrogens is 2. The van der Waals surface area contributed by atoms with E-state index in [2.05, 4.69) is 39.7 Å². The quantitative estimate of drug-likeness (QED) is 0.741. The van der Waals surface area contributed by atoms with Crippen LogP contribution >= 0.6 is 22.6 Å². The van der Waals surface area contributed by atoms with E-state index in [0.29, 0.717) is 3.90 Å². The molecule has 0 radical (unpaired) electrons. The Morgan fingerprint density at radius 3 is 2.50 bits per heavy atom. The van der Waals surface area contributed by atoms with Crippen LogP contribution < -0.4 is 0 Å². The van der Waals surface area contributed by atoms with Gasteiger partial charge in [0.05, 0.1) is 0 Å². The zero-order valence-electron chi connectivity index (χ0n) is 7.01. The van der Waals surface area contributed by atoms with Crippen molar-refractivity contribution in [1.29, 1.82) is 0 Å². The molecule has 1 aromatic rings. The van der Waals surface area contributed by atoms with E-state index in [-0.39, 0.29) is 5.41 Å². The number of hydrogen-bond donors (Lipinski definition) is 0. The fourth-order valence-electron chi connectivity index (χ4n) is 1.82. The summed E-state index contributed by atoms with van der Waals surface area (Å²) in [5.41, 5.74) is 0.163. The predicted octanol–water partition coefficient (Wildman–Crippen LogP) is 2.51. The fraction of sp³-hybridized carbons (Fsp3) is 0.750. The fourth-order valence-corrected chi connectivity index (χ4v) is 2.13. The van der Waals surface area contributed by atoms with Crippen LogP contribution in [-0.4, -0.2) is 10.2 Å². The Hall–Kier alpha value is -0.130. The van der Waals surface area contributed by atoms with E-state index in [4.69, 9.17) is 4.42 Å². The van der Waals surface area contributed by atoms with E-state index in [1.165, 1.54) is 25.7 Å². The molecule has 1 fully saturated rings. The highest BCUT2D eigenvalue weighted by Gasteiger charge is 2.35. The third kappa shape index (κ3) is 1.36. The second-order valence-electron chi connectivity index (χ2n) is 3.63. The van der Waals surface area contributed by atoms with Gasteiger partial charge in [0.25, 0.3) is 3.90 Å². The topological polar surface area (TPSA) is 38.9 Å². The first-order valence-electron chi connectivity index (χ1n) is 4.20. The van der Waals surface area contributed by atoms with Crippen molar-refractivity contribution in [1.82, 2.24) is 10.2 Å². The van der Waals surface area contributed by atoms with Gasteiger partial charge in [0, 0.05) is 28.0 Å². The van der Waals surface area contributed by atoms with Crippen molar-refractivity contribution in [2.45, 2.75) is 38.0 Å². The van der Waals surface area contributed by atoms with E-state index in [1.807, 2.05) is 0 Å². The first kappa shape index (κ1) is 8.47. The highest BCUT2D eigenvalue weighted by Crippen LogP contribution is 2.39. The molecule has 0 atom stereocenters. The molecular formula is C8H11IN2O. The number of nitrogens with zero attached hydrogens (tertiary/aromatic N) is 2. The number of rotatable bonds is 1. The van der Waals surface area contributed by atoms with Gasteiger partial charge in [-0.2, -0.15) is 0 Å². The van der Waals surface area contributed by atoms with Crippen LogP contribution in [0.15, 0.2) is 4.42 Å². The molecule has 1 aliphatic rings. The van der Waals surface area contributed by atoms with Crippen LogP contribution in [0.3, 0.4) is 0 Å². The summed E-state index contributed by atoms with van der Waals surface area (Å²) in [4.78, 5) is 0. The molecule has 0 aromatic carbocycles. The van der Waals surface area contributed by atoms with E-state index in [0.717, 1.165) is 5.89 Å². The molecule has 1 saturated carbocycles. The van der Waals surface area contributed by atoms with Crippen molar-refractivity contribution in [3.8, 4) is 0 Å². The lowest BCUT2D eigenvalue weighted by molar-refractivity contribution is 0.342. The second-order valence-corrected chi connectivity index (χ2v) is 4.55. The molecule has 12 heavy (non-hydrogen) atoms. The minimum Gasteiger partial charge on any atom is -0.416 e. The van der Waals surface area contributed by atoms with Gasteiger partial charge in [0.15, 0.2) is 0 Å². The average molecular weight is 278 g/mol. The van der Waals surface area contributed by atoms with E-state index < -0.39 is 0 Å². The molecule has 1 heterocycles. The number of hydrogen-bond acceptors (Lipinski definition) is 3. The van der Waals surface area contributed by atoms with Crippen molar-refractivity contribution in [2.24, 2.45) is 0 Å². The first-order chi connectivity index (χ1) is 5.71. The molecule has 66 valence electrons. The van der Waals surface area contributed by atoms with E-state index >= 15 is 0 Å². The summed E-state index contributed by atoms with van der Waals surface area (Å²) in [7, 11) is 0. The zero-order chi connectivity index (χ0) is 8.60. The lowest BCUT2D eigenvalue weighted by Gasteiger charge is -2.17. The molecule has 2 rings (SSSR count). The highest BCUT2D eigenvalue weighted by atomic mass is 127. The first-order valence-corrected chi connectivity index (χ1v) is 5.28. The monoisotopic (exact) mass is 278 g/mol. The molecule has 0 spiro atoms. The Kier molecular flexibility index (Phi) is 2.10. The van der Waals surface area contributed by atoms with Crippen LogP contribution in [-0.2, 0) is 5.41 Å². The Morgan fingerprint density at radius 1 is 1.33 bits per heavy atom. The predicted molar refractivity (Wildman–Crippen MR) is 52.8 cm³/mol. The van der Waals surface area contributed by atoms with Crippen LogP contribution in [0.5, 0.6) is 0 Å². The number of halogens is 1. The highest BCUT2D eigenvalue weighted by molar-refractivity contribution is 14.1. The molecular weight excluding hydrogens is 267 g/mol. The summed E-state index contributed by atoms with van der Waals surface area (Å²) in [6.45, 7) is 2.21. The van der Waals surface area contributed by atoms with E-state index in [9.17, 15) is 0 Å². The minimum atomic E-state index is 0.163. The van der Waals surface area contributed by atoms with Gasteiger partial charge in [-0.25, -0.2) is 0 Å². The van der Waals surface area contributed by atoms with Crippen molar-refractivity contribution in [3.05, 3.63) is 9.79 Å². The van der Waals surface area contributed by atoms with Gasteiger partial charge in [-0.15, -0.1) is 10.2 Å². The van der Waals surface area contributed by atoms with Crippen LogP contribution in [0.2, 0.25) is 0 Å². The standard InChI is InChI=1S/C8H11IN2O/c1-8(4-2-3-5-8)6-10-11-7(9)12-6/h2-5H2,1H3. The molecule has 4 heteroatoms. The summed E-state index contributed by atoms with van der Waals surface area (Å²) in [5.74, 6) is 0.824. The molecule has 0 bridgehead atoms. The summed E-state index contributed by atoms with van der Waals surface area (Å²) >= 11 is 2.05. The summed E-state index contributed by atoms with van der Waals surface area (Å²) in [5, 5.41) is 7.92. The Morgan fingerprint density at radius 2 is 2.00 bits per heavy atom. The summed E-state index contributed by atoms with van der Waals surface area (Å²) in [6, 6.07) is 0. The van der Waals surface area contributed by atoms with Gasteiger partial charge in [0.1, 0.15) is 0 Å². The van der Waals surface area contributed by atoms with Gasteiger partial charge >= 0.3 is 0 Å². The zero-order valence-corrected chi connectivity index (χ0v) is 9.17. The SMILES string of the molecule is CC1(c2nnc(I)o2)CCCC1.